The van der Waals surface area contributed by atoms with E-state index in [0.29, 0.717) is 21.5 Å². The van der Waals surface area contributed by atoms with E-state index >= 15 is 0 Å². The van der Waals surface area contributed by atoms with E-state index in [9.17, 15) is 14.5 Å². The van der Waals surface area contributed by atoms with E-state index in [2.05, 4.69) is 26.6 Å². The molecule has 0 aliphatic heterocycles. The summed E-state index contributed by atoms with van der Waals surface area (Å²) in [5.41, 5.74) is 1.56. The van der Waals surface area contributed by atoms with Gasteiger partial charge in [0.05, 0.1) is 9.40 Å². The third-order valence-corrected chi connectivity index (χ3v) is 3.27. The van der Waals surface area contributed by atoms with Crippen molar-refractivity contribution in [1.29, 1.82) is 0 Å². The predicted octanol–water partition coefficient (Wildman–Crippen LogP) is 4.28. The highest BCUT2D eigenvalue weighted by Crippen LogP contribution is 2.28. The second-order valence-electron chi connectivity index (χ2n) is 4.03. The molecular weight excluding hydrogens is 329 g/mol. The largest absolute Gasteiger partial charge is 0.388 e. The lowest BCUT2D eigenvalue weighted by Crippen LogP contribution is -1.97. The third-order valence-electron chi connectivity index (χ3n) is 2.63. The van der Waals surface area contributed by atoms with Gasteiger partial charge in [-0.05, 0) is 40.2 Å². The highest BCUT2D eigenvalue weighted by atomic mass is 79.9. The number of benzene rings is 2. The van der Waals surface area contributed by atoms with Gasteiger partial charge in [0.2, 0.25) is 0 Å². The van der Waals surface area contributed by atoms with Crippen LogP contribution in [0.5, 0.6) is 0 Å². The minimum Gasteiger partial charge on any atom is -0.388 e. The van der Waals surface area contributed by atoms with Gasteiger partial charge in [-0.15, -0.1) is 0 Å². The van der Waals surface area contributed by atoms with Crippen LogP contribution in [0.3, 0.4) is 0 Å². The summed E-state index contributed by atoms with van der Waals surface area (Å²) >= 11 is 3.07. The molecule has 0 aliphatic carbocycles. The van der Waals surface area contributed by atoms with Gasteiger partial charge in [0.1, 0.15) is 5.82 Å². The summed E-state index contributed by atoms with van der Waals surface area (Å²) in [7, 11) is 1.67. The summed E-state index contributed by atoms with van der Waals surface area (Å²) in [6.07, 6.45) is 0. The molecule has 2 N–H and O–H groups in total. The Labute approximate surface area is 123 Å². The van der Waals surface area contributed by atoms with Crippen LogP contribution in [-0.4, -0.2) is 12.0 Å². The molecule has 104 valence electrons. The first-order valence-corrected chi connectivity index (χ1v) is 6.48. The molecular formula is C13H11BrFN3O2. The average Bonchev–Trinajstić information content (AvgIpc) is 2.42. The molecule has 7 heteroatoms. The summed E-state index contributed by atoms with van der Waals surface area (Å²) in [5, 5.41) is 16.6. The second kappa shape index (κ2) is 5.87. The molecule has 0 saturated carbocycles. The molecule has 0 unspecified atom stereocenters. The van der Waals surface area contributed by atoms with Crippen molar-refractivity contribution in [2.24, 2.45) is 0 Å². The molecule has 0 heterocycles. The van der Waals surface area contributed by atoms with Gasteiger partial charge < -0.3 is 10.6 Å². The van der Waals surface area contributed by atoms with E-state index in [1.54, 1.807) is 25.2 Å². The second-order valence-corrected chi connectivity index (χ2v) is 4.88. The summed E-state index contributed by atoms with van der Waals surface area (Å²) in [4.78, 5) is 10.4. The molecule has 0 saturated heterocycles. The number of non-ortho nitro benzene ring substituents is 1. The van der Waals surface area contributed by atoms with E-state index in [1.165, 1.54) is 18.2 Å². The van der Waals surface area contributed by atoms with Gasteiger partial charge in [-0.3, -0.25) is 10.1 Å². The van der Waals surface area contributed by atoms with Gasteiger partial charge in [-0.1, -0.05) is 0 Å². The van der Waals surface area contributed by atoms with Crippen molar-refractivity contribution in [3.8, 4) is 0 Å². The zero-order valence-corrected chi connectivity index (χ0v) is 12.1. The minimum absolute atomic E-state index is 0.0445. The third kappa shape index (κ3) is 3.24. The maximum absolute atomic E-state index is 13.4. The van der Waals surface area contributed by atoms with Crippen molar-refractivity contribution < 1.29 is 9.31 Å². The summed E-state index contributed by atoms with van der Waals surface area (Å²) in [6.45, 7) is 0. The van der Waals surface area contributed by atoms with Crippen LogP contribution in [-0.2, 0) is 0 Å². The van der Waals surface area contributed by atoms with Crippen LogP contribution in [0, 0.1) is 15.9 Å². The standard InChI is InChI=1S/C13H11BrFN3O2/c1-16-9-4-10(6-11(5-9)18(19)20)17-8-2-3-12(14)13(15)7-8/h2-7,16-17H,1H3. The van der Waals surface area contributed by atoms with Gasteiger partial charge in [-0.25, -0.2) is 4.39 Å². The lowest BCUT2D eigenvalue weighted by molar-refractivity contribution is -0.384. The molecule has 0 aromatic heterocycles. The molecule has 2 aromatic carbocycles. The topological polar surface area (TPSA) is 67.2 Å². The van der Waals surface area contributed by atoms with Gasteiger partial charge in [-0.2, -0.15) is 0 Å². The zero-order chi connectivity index (χ0) is 14.7. The molecule has 0 aliphatic rings. The van der Waals surface area contributed by atoms with Crippen molar-refractivity contribution in [3.63, 3.8) is 0 Å². The number of halogens is 2. The van der Waals surface area contributed by atoms with Gasteiger partial charge >= 0.3 is 0 Å². The lowest BCUT2D eigenvalue weighted by atomic mass is 10.2. The van der Waals surface area contributed by atoms with Crippen molar-refractivity contribution in [1.82, 2.24) is 0 Å². The number of nitrogens with zero attached hydrogens (tertiary/aromatic N) is 1. The van der Waals surface area contributed by atoms with Crippen molar-refractivity contribution >= 4 is 38.7 Å². The molecule has 0 fully saturated rings. The monoisotopic (exact) mass is 339 g/mol. The Morgan fingerprint density at radius 2 is 1.85 bits per heavy atom. The Morgan fingerprint density at radius 1 is 1.15 bits per heavy atom. The zero-order valence-electron chi connectivity index (χ0n) is 10.5. The Bertz CT molecular complexity index is 664. The van der Waals surface area contributed by atoms with Gasteiger partial charge in [0.15, 0.2) is 0 Å². The number of rotatable bonds is 4. The molecule has 20 heavy (non-hydrogen) atoms. The fourth-order valence-corrected chi connectivity index (χ4v) is 1.92. The quantitative estimate of drug-likeness (QED) is 0.644. The number of anilines is 3. The maximum Gasteiger partial charge on any atom is 0.273 e. The molecule has 0 radical (unpaired) electrons. The summed E-state index contributed by atoms with van der Waals surface area (Å²) in [6, 6.07) is 9.06. The van der Waals surface area contributed by atoms with E-state index in [4.69, 9.17) is 0 Å². The van der Waals surface area contributed by atoms with Gasteiger partial charge in [0.25, 0.3) is 5.69 Å². The highest BCUT2D eigenvalue weighted by molar-refractivity contribution is 9.10. The number of hydrogen-bond acceptors (Lipinski definition) is 4. The molecule has 2 aromatic rings. The fraction of sp³-hybridized carbons (Fsp3) is 0.0769. The smallest absolute Gasteiger partial charge is 0.273 e. The Balaban J connectivity index is 2.34. The minimum atomic E-state index is -0.478. The Kier molecular flexibility index (Phi) is 4.19. The first-order chi connectivity index (χ1) is 9.49. The summed E-state index contributed by atoms with van der Waals surface area (Å²) < 4.78 is 13.8. The fourth-order valence-electron chi connectivity index (χ4n) is 1.67. The van der Waals surface area contributed by atoms with E-state index in [0.717, 1.165) is 0 Å². The first kappa shape index (κ1) is 14.3. The van der Waals surface area contributed by atoms with Crippen LogP contribution >= 0.6 is 15.9 Å². The number of nitrogens with one attached hydrogen (secondary N) is 2. The van der Waals surface area contributed by atoms with Crippen LogP contribution in [0.25, 0.3) is 0 Å². The number of nitro groups is 1. The van der Waals surface area contributed by atoms with E-state index in [-0.39, 0.29) is 5.69 Å². The lowest BCUT2D eigenvalue weighted by Gasteiger charge is -2.09. The van der Waals surface area contributed by atoms with Crippen molar-refractivity contribution in [2.45, 2.75) is 0 Å². The number of hydrogen-bond donors (Lipinski definition) is 2. The van der Waals surface area contributed by atoms with Crippen molar-refractivity contribution in [3.05, 3.63) is 56.8 Å². The normalized spacial score (nSPS) is 10.2. The maximum atomic E-state index is 13.4. The molecule has 2 rings (SSSR count). The van der Waals surface area contributed by atoms with E-state index < -0.39 is 10.7 Å². The van der Waals surface area contributed by atoms with Crippen molar-refractivity contribution in [2.75, 3.05) is 17.7 Å². The predicted molar refractivity (Wildman–Crippen MR) is 80.0 cm³/mol. The summed E-state index contributed by atoms with van der Waals surface area (Å²) in [5.74, 6) is -0.408. The molecule has 0 spiro atoms. The molecule has 0 atom stereocenters. The van der Waals surface area contributed by atoms with Crippen LogP contribution < -0.4 is 10.6 Å². The number of nitro benzene ring substituents is 1. The van der Waals surface area contributed by atoms with Crippen LogP contribution in [0.15, 0.2) is 40.9 Å². The van der Waals surface area contributed by atoms with Crippen LogP contribution in [0.2, 0.25) is 0 Å². The van der Waals surface area contributed by atoms with Gasteiger partial charge in [0, 0.05) is 36.2 Å². The van der Waals surface area contributed by atoms with E-state index in [1.807, 2.05) is 0 Å². The van der Waals surface area contributed by atoms with Crippen LogP contribution in [0.1, 0.15) is 0 Å². The highest BCUT2D eigenvalue weighted by Gasteiger charge is 2.10. The molecule has 0 amide bonds. The first-order valence-electron chi connectivity index (χ1n) is 5.69. The Morgan fingerprint density at radius 3 is 2.45 bits per heavy atom. The SMILES string of the molecule is CNc1cc(Nc2ccc(Br)c(F)c2)cc([N+](=O)[O-])c1. The average molecular weight is 340 g/mol. The molecule has 5 nitrogen and oxygen atoms in total. The Hall–Kier alpha value is -2.15. The van der Waals surface area contributed by atoms with Crippen LogP contribution in [0.4, 0.5) is 27.1 Å². The molecule has 0 bridgehead atoms.